The van der Waals surface area contributed by atoms with Crippen LogP contribution in [-0.2, 0) is 6.61 Å². The summed E-state index contributed by atoms with van der Waals surface area (Å²) in [5.74, 6) is -1.38. The first-order chi connectivity index (χ1) is 13.2. The maximum absolute atomic E-state index is 13.8. The minimum absolute atomic E-state index is 0.170. The maximum atomic E-state index is 13.8. The van der Waals surface area contributed by atoms with Crippen LogP contribution in [0.4, 0.5) is 8.78 Å². The number of nitrogens with one attached hydrogen (secondary N) is 1. The highest BCUT2D eigenvalue weighted by Crippen LogP contribution is 2.24. The molecular weight excluding hydrogens is 366 g/mol. The van der Waals surface area contributed by atoms with Gasteiger partial charge in [0.15, 0.2) is 11.4 Å². The molecule has 28 heavy (non-hydrogen) atoms. The molecule has 0 bridgehead atoms. The molecule has 0 radical (unpaired) electrons. The van der Waals surface area contributed by atoms with E-state index in [1.807, 2.05) is 13.8 Å². The molecule has 3 aromatic rings. The fourth-order valence-corrected chi connectivity index (χ4v) is 2.75. The molecule has 0 atom stereocenters. The van der Waals surface area contributed by atoms with E-state index in [4.69, 9.17) is 10.5 Å². The van der Waals surface area contributed by atoms with E-state index in [0.717, 1.165) is 0 Å². The molecular formula is C20H22F2N4O2. The average molecular weight is 388 g/mol. The lowest BCUT2D eigenvalue weighted by Crippen LogP contribution is -2.45. The molecule has 0 aliphatic rings. The number of amides is 1. The molecule has 3 rings (SSSR count). The second-order valence-electron chi connectivity index (χ2n) is 7.27. The Morgan fingerprint density at radius 2 is 1.93 bits per heavy atom. The summed E-state index contributed by atoms with van der Waals surface area (Å²) >= 11 is 0. The number of hydrogen-bond acceptors (Lipinski definition) is 4. The Hall–Kier alpha value is -3.00. The van der Waals surface area contributed by atoms with Gasteiger partial charge in [0, 0.05) is 18.3 Å². The zero-order valence-electron chi connectivity index (χ0n) is 15.9. The number of hydrogen-bond donors (Lipinski definition) is 2. The fraction of sp³-hybridized carbons (Fsp3) is 0.300. The monoisotopic (exact) mass is 388 g/mol. The summed E-state index contributed by atoms with van der Waals surface area (Å²) in [4.78, 5) is 17.0. The van der Waals surface area contributed by atoms with Gasteiger partial charge in [-0.1, -0.05) is 6.07 Å². The highest BCUT2D eigenvalue weighted by Gasteiger charge is 2.21. The van der Waals surface area contributed by atoms with Gasteiger partial charge in [0.2, 0.25) is 0 Å². The zero-order chi connectivity index (χ0) is 20.5. The molecule has 0 unspecified atom stereocenters. The third-order valence-corrected chi connectivity index (χ3v) is 4.14. The smallest absolute Gasteiger partial charge is 0.270 e. The summed E-state index contributed by atoms with van der Waals surface area (Å²) in [6.07, 6.45) is 1.67. The van der Waals surface area contributed by atoms with Crippen molar-refractivity contribution >= 4 is 11.6 Å². The summed E-state index contributed by atoms with van der Waals surface area (Å²) in [7, 11) is 0. The summed E-state index contributed by atoms with van der Waals surface area (Å²) < 4.78 is 34.8. The number of rotatable bonds is 6. The van der Waals surface area contributed by atoms with E-state index in [1.54, 1.807) is 29.7 Å². The number of pyridine rings is 1. The van der Waals surface area contributed by atoms with Gasteiger partial charge in [-0.25, -0.2) is 13.8 Å². The van der Waals surface area contributed by atoms with Crippen LogP contribution in [0.2, 0.25) is 0 Å². The molecule has 1 aromatic carbocycles. The van der Waals surface area contributed by atoms with Gasteiger partial charge in [-0.15, -0.1) is 0 Å². The molecule has 8 heteroatoms. The van der Waals surface area contributed by atoms with Gasteiger partial charge in [-0.2, -0.15) is 0 Å². The first-order valence-corrected chi connectivity index (χ1v) is 8.78. The molecule has 6 nitrogen and oxygen atoms in total. The normalized spacial score (nSPS) is 11.6. The van der Waals surface area contributed by atoms with E-state index >= 15 is 0 Å². The van der Waals surface area contributed by atoms with Crippen molar-refractivity contribution in [1.82, 2.24) is 14.7 Å². The lowest BCUT2D eigenvalue weighted by atomic mass is 10.1. The number of aromatic nitrogens is 2. The van der Waals surface area contributed by atoms with Crippen molar-refractivity contribution < 1.29 is 18.3 Å². The third kappa shape index (κ3) is 4.12. The number of benzene rings is 1. The Kier molecular flexibility index (Phi) is 5.33. The highest BCUT2D eigenvalue weighted by molar-refractivity contribution is 5.95. The lowest BCUT2D eigenvalue weighted by molar-refractivity contribution is 0.0939. The summed E-state index contributed by atoms with van der Waals surface area (Å²) in [6, 6.07) is 6.93. The number of ether oxygens (including phenoxy) is 1. The molecule has 148 valence electrons. The standard InChI is InChI=1S/C20H22F2N4O2/c1-12-17(19(27)24-11-20(2,3)23)26-9-5-8-16(18(26)25-12)28-10-13-14(21)6-4-7-15(13)22/h4-9H,10-11,23H2,1-3H3,(H,24,27). The molecule has 0 aliphatic carbocycles. The molecule has 0 aliphatic heterocycles. The second-order valence-corrected chi connectivity index (χ2v) is 7.27. The molecule has 0 fully saturated rings. The van der Waals surface area contributed by atoms with Crippen molar-refractivity contribution in [3.05, 3.63) is 65.1 Å². The Balaban J connectivity index is 1.89. The van der Waals surface area contributed by atoms with Crippen LogP contribution >= 0.6 is 0 Å². The minimum Gasteiger partial charge on any atom is -0.485 e. The highest BCUT2D eigenvalue weighted by atomic mass is 19.1. The molecule has 1 amide bonds. The van der Waals surface area contributed by atoms with Gasteiger partial charge in [-0.05, 0) is 45.0 Å². The summed E-state index contributed by atoms with van der Waals surface area (Å²) in [5, 5.41) is 2.79. The van der Waals surface area contributed by atoms with Crippen molar-refractivity contribution in [1.29, 1.82) is 0 Å². The van der Waals surface area contributed by atoms with E-state index in [-0.39, 0.29) is 18.1 Å². The van der Waals surface area contributed by atoms with Gasteiger partial charge >= 0.3 is 0 Å². The Bertz CT molecular complexity index is 1000. The van der Waals surface area contributed by atoms with Crippen molar-refractivity contribution in [3.63, 3.8) is 0 Å². The Morgan fingerprint density at radius 3 is 2.57 bits per heavy atom. The van der Waals surface area contributed by atoms with Crippen molar-refractivity contribution in [2.24, 2.45) is 5.73 Å². The topological polar surface area (TPSA) is 81.7 Å². The molecule has 3 N–H and O–H groups in total. The number of carbonyl (C=O) groups excluding carboxylic acids is 1. The second kappa shape index (κ2) is 7.55. The lowest BCUT2D eigenvalue weighted by Gasteiger charge is -2.18. The SMILES string of the molecule is Cc1nc2c(OCc3c(F)cccc3F)cccn2c1C(=O)NCC(C)(C)N. The third-order valence-electron chi connectivity index (χ3n) is 4.14. The van der Waals surface area contributed by atoms with E-state index in [2.05, 4.69) is 10.3 Å². The number of imidazole rings is 1. The van der Waals surface area contributed by atoms with Crippen molar-refractivity contribution in [3.8, 4) is 5.75 Å². The fourth-order valence-electron chi connectivity index (χ4n) is 2.75. The molecule has 0 saturated heterocycles. The van der Waals surface area contributed by atoms with Crippen LogP contribution in [0.25, 0.3) is 5.65 Å². The van der Waals surface area contributed by atoms with Crippen LogP contribution in [0.5, 0.6) is 5.75 Å². The Morgan fingerprint density at radius 1 is 1.25 bits per heavy atom. The largest absolute Gasteiger partial charge is 0.485 e. The van der Waals surface area contributed by atoms with Gasteiger partial charge < -0.3 is 15.8 Å². The number of fused-ring (bicyclic) bond motifs is 1. The number of halogens is 2. The molecule has 0 saturated carbocycles. The molecule has 2 aromatic heterocycles. The van der Waals surface area contributed by atoms with Gasteiger partial charge in [0.25, 0.3) is 5.91 Å². The first kappa shape index (κ1) is 19.8. The van der Waals surface area contributed by atoms with Crippen LogP contribution in [0.15, 0.2) is 36.5 Å². The zero-order valence-corrected chi connectivity index (χ0v) is 15.9. The van der Waals surface area contributed by atoms with E-state index < -0.39 is 17.2 Å². The van der Waals surface area contributed by atoms with E-state index in [1.165, 1.54) is 18.2 Å². The van der Waals surface area contributed by atoms with Crippen LogP contribution in [0, 0.1) is 18.6 Å². The predicted octanol–water partition coefficient (Wildman–Crippen LogP) is 2.97. The van der Waals surface area contributed by atoms with Gasteiger partial charge in [0.05, 0.1) is 11.3 Å². The predicted molar refractivity (Wildman–Crippen MR) is 101 cm³/mol. The van der Waals surface area contributed by atoms with Crippen molar-refractivity contribution in [2.75, 3.05) is 6.54 Å². The van der Waals surface area contributed by atoms with Crippen LogP contribution in [-0.4, -0.2) is 27.4 Å². The van der Waals surface area contributed by atoms with Crippen LogP contribution in [0.3, 0.4) is 0 Å². The number of carbonyl (C=O) groups is 1. The molecule has 2 heterocycles. The summed E-state index contributed by atoms with van der Waals surface area (Å²) in [6.45, 7) is 5.31. The van der Waals surface area contributed by atoms with Gasteiger partial charge in [0.1, 0.15) is 23.9 Å². The van der Waals surface area contributed by atoms with Gasteiger partial charge in [-0.3, -0.25) is 9.20 Å². The number of nitrogens with two attached hydrogens (primary N) is 1. The number of nitrogens with zero attached hydrogens (tertiary/aromatic N) is 2. The van der Waals surface area contributed by atoms with Crippen molar-refractivity contribution in [2.45, 2.75) is 32.9 Å². The van der Waals surface area contributed by atoms with E-state index in [9.17, 15) is 13.6 Å². The average Bonchev–Trinajstić information content (AvgIpc) is 2.95. The summed E-state index contributed by atoms with van der Waals surface area (Å²) in [5.41, 5.74) is 6.42. The Labute approximate surface area is 161 Å². The van der Waals surface area contributed by atoms with E-state index in [0.29, 0.717) is 29.3 Å². The first-order valence-electron chi connectivity index (χ1n) is 8.78. The molecule has 0 spiro atoms. The number of aryl methyl sites for hydroxylation is 1. The minimum atomic E-state index is -0.684. The van der Waals surface area contributed by atoms with Crippen LogP contribution in [0.1, 0.15) is 35.6 Å². The quantitative estimate of drug-likeness (QED) is 0.680. The van der Waals surface area contributed by atoms with Crippen LogP contribution < -0.4 is 15.8 Å². The maximum Gasteiger partial charge on any atom is 0.270 e.